The number of imide groups is 1. The minimum absolute atomic E-state index is 0.0351. The van der Waals surface area contributed by atoms with Crippen LogP contribution in [0, 0.1) is 5.92 Å². The number of amides is 2. The summed E-state index contributed by atoms with van der Waals surface area (Å²) in [4.78, 5) is 37.2. The first-order valence-corrected chi connectivity index (χ1v) is 6.73. The highest BCUT2D eigenvalue weighted by atomic mass is 16.5. The number of rotatable bonds is 2. The average molecular weight is 268 g/mol. The molecule has 0 aromatic carbocycles. The van der Waals surface area contributed by atoms with Crippen molar-refractivity contribution in [3.05, 3.63) is 0 Å². The Balaban J connectivity index is 2.15. The molecular formula is C13H20N2O4. The molecule has 0 spiro atoms. The lowest BCUT2D eigenvalue weighted by atomic mass is 9.90. The number of hydrogen-bond acceptors (Lipinski definition) is 5. The number of carbonyl (C=O) groups is 3. The summed E-state index contributed by atoms with van der Waals surface area (Å²) < 4.78 is 4.68. The van der Waals surface area contributed by atoms with Gasteiger partial charge in [-0.15, -0.1) is 0 Å². The summed E-state index contributed by atoms with van der Waals surface area (Å²) in [5, 5.41) is 3.23. The molecule has 19 heavy (non-hydrogen) atoms. The smallest absolute Gasteiger partial charge is 0.329 e. The van der Waals surface area contributed by atoms with Crippen molar-refractivity contribution in [2.45, 2.75) is 44.7 Å². The molecule has 2 aliphatic heterocycles. The van der Waals surface area contributed by atoms with Gasteiger partial charge in [-0.1, -0.05) is 0 Å². The third kappa shape index (κ3) is 2.63. The zero-order valence-corrected chi connectivity index (χ0v) is 11.3. The molecule has 1 N–H and O–H groups in total. The van der Waals surface area contributed by atoms with Gasteiger partial charge in [-0.2, -0.15) is 0 Å². The molecule has 0 unspecified atom stereocenters. The van der Waals surface area contributed by atoms with Gasteiger partial charge in [0.25, 0.3) is 0 Å². The van der Waals surface area contributed by atoms with E-state index < -0.39 is 12.0 Å². The quantitative estimate of drug-likeness (QED) is 0.566. The predicted molar refractivity (Wildman–Crippen MR) is 67.1 cm³/mol. The molecule has 106 valence electrons. The Labute approximate surface area is 112 Å². The minimum atomic E-state index is -0.737. The maximum atomic E-state index is 12.5. The van der Waals surface area contributed by atoms with Crippen LogP contribution in [0.15, 0.2) is 0 Å². The normalized spacial score (nSPS) is 31.4. The van der Waals surface area contributed by atoms with Gasteiger partial charge < -0.3 is 10.1 Å². The average Bonchev–Trinajstić information content (AvgIpc) is 2.79. The van der Waals surface area contributed by atoms with E-state index in [-0.39, 0.29) is 30.2 Å². The van der Waals surface area contributed by atoms with Crippen molar-refractivity contribution in [3.63, 3.8) is 0 Å². The number of nitrogens with one attached hydrogen (secondary N) is 1. The van der Waals surface area contributed by atoms with Crippen LogP contribution in [0.1, 0.15) is 32.6 Å². The Morgan fingerprint density at radius 3 is 2.74 bits per heavy atom. The summed E-state index contributed by atoms with van der Waals surface area (Å²) in [6.45, 7) is 2.83. The molecule has 0 saturated carbocycles. The third-order valence-corrected chi connectivity index (χ3v) is 4.00. The van der Waals surface area contributed by atoms with E-state index in [1.54, 1.807) is 0 Å². The van der Waals surface area contributed by atoms with Crippen LogP contribution in [0.25, 0.3) is 0 Å². The highest BCUT2D eigenvalue weighted by molar-refractivity contribution is 6.02. The van der Waals surface area contributed by atoms with E-state index in [9.17, 15) is 14.4 Å². The number of hydrogen-bond donors (Lipinski definition) is 1. The molecular weight excluding hydrogens is 248 g/mol. The molecule has 3 atom stereocenters. The number of ether oxygens (including phenoxy) is 1. The van der Waals surface area contributed by atoms with Crippen LogP contribution in [0.2, 0.25) is 0 Å². The van der Waals surface area contributed by atoms with Crippen molar-refractivity contribution < 1.29 is 19.1 Å². The molecule has 0 aliphatic carbocycles. The zero-order valence-electron chi connectivity index (χ0n) is 11.3. The topological polar surface area (TPSA) is 75.7 Å². The van der Waals surface area contributed by atoms with Crippen molar-refractivity contribution in [1.82, 2.24) is 10.2 Å². The van der Waals surface area contributed by atoms with Gasteiger partial charge in [0.1, 0.15) is 6.04 Å². The van der Waals surface area contributed by atoms with Gasteiger partial charge in [0.2, 0.25) is 11.8 Å². The van der Waals surface area contributed by atoms with Crippen molar-refractivity contribution in [2.75, 3.05) is 13.7 Å². The summed E-state index contributed by atoms with van der Waals surface area (Å²) in [5.41, 5.74) is 0. The van der Waals surface area contributed by atoms with E-state index in [0.717, 1.165) is 24.3 Å². The van der Waals surface area contributed by atoms with Crippen LogP contribution < -0.4 is 5.32 Å². The Morgan fingerprint density at radius 2 is 2.11 bits per heavy atom. The van der Waals surface area contributed by atoms with E-state index in [4.69, 9.17) is 0 Å². The molecule has 2 rings (SSSR count). The second-order valence-corrected chi connectivity index (χ2v) is 5.17. The van der Waals surface area contributed by atoms with E-state index >= 15 is 0 Å². The molecule has 0 aromatic rings. The lowest BCUT2D eigenvalue weighted by Crippen LogP contribution is -2.52. The first-order chi connectivity index (χ1) is 9.06. The standard InChI is InChI=1S/C13H20N2O4/c1-8-9(4-3-7-14-8)12(17)15-10(13(18)19-2)5-6-11(15)16/h8-10,14H,3-7H2,1-2H3/t8-,9-,10-/m0/s1. The van der Waals surface area contributed by atoms with Gasteiger partial charge in [-0.25, -0.2) is 4.79 Å². The molecule has 6 nitrogen and oxygen atoms in total. The Kier molecular flexibility index (Phi) is 4.19. The van der Waals surface area contributed by atoms with Gasteiger partial charge >= 0.3 is 5.97 Å². The van der Waals surface area contributed by atoms with Gasteiger partial charge in [-0.05, 0) is 32.7 Å². The fourth-order valence-corrected chi connectivity index (χ4v) is 2.88. The Hall–Kier alpha value is -1.43. The highest BCUT2D eigenvalue weighted by Crippen LogP contribution is 2.26. The zero-order chi connectivity index (χ0) is 14.0. The number of esters is 1. The summed E-state index contributed by atoms with van der Waals surface area (Å²) >= 11 is 0. The Morgan fingerprint density at radius 1 is 1.37 bits per heavy atom. The summed E-state index contributed by atoms with van der Waals surface area (Å²) in [5.74, 6) is -1.24. The fraction of sp³-hybridized carbons (Fsp3) is 0.769. The van der Waals surface area contributed by atoms with Gasteiger partial charge in [0, 0.05) is 12.5 Å². The molecule has 0 radical (unpaired) electrons. The van der Waals surface area contributed by atoms with E-state index in [1.165, 1.54) is 7.11 Å². The number of piperidine rings is 1. The van der Waals surface area contributed by atoms with Crippen molar-refractivity contribution in [3.8, 4) is 0 Å². The van der Waals surface area contributed by atoms with Crippen LogP contribution in [0.4, 0.5) is 0 Å². The number of nitrogens with zero attached hydrogens (tertiary/aromatic N) is 1. The lowest BCUT2D eigenvalue weighted by molar-refractivity contribution is -0.158. The summed E-state index contributed by atoms with van der Waals surface area (Å²) in [6.07, 6.45) is 2.27. The predicted octanol–water partition coefficient (Wildman–Crippen LogP) is 0.0651. The first kappa shape index (κ1) is 14.0. The van der Waals surface area contributed by atoms with Crippen LogP contribution in [0.3, 0.4) is 0 Å². The summed E-state index contributed by atoms with van der Waals surface area (Å²) in [6, 6.07) is -0.702. The second kappa shape index (κ2) is 5.69. The van der Waals surface area contributed by atoms with Crippen molar-refractivity contribution in [1.29, 1.82) is 0 Å². The molecule has 6 heteroatoms. The number of methoxy groups -OCH3 is 1. The molecule has 2 heterocycles. The maximum Gasteiger partial charge on any atom is 0.329 e. The molecule has 2 saturated heterocycles. The fourth-order valence-electron chi connectivity index (χ4n) is 2.88. The molecule has 2 amide bonds. The Bertz CT molecular complexity index is 396. The van der Waals surface area contributed by atoms with E-state index in [0.29, 0.717) is 6.42 Å². The largest absolute Gasteiger partial charge is 0.467 e. The minimum Gasteiger partial charge on any atom is -0.467 e. The van der Waals surface area contributed by atoms with E-state index in [2.05, 4.69) is 10.1 Å². The monoisotopic (exact) mass is 268 g/mol. The number of likely N-dealkylation sites (tertiary alicyclic amines) is 1. The molecule has 2 fully saturated rings. The highest BCUT2D eigenvalue weighted by Gasteiger charge is 2.44. The second-order valence-electron chi connectivity index (χ2n) is 5.17. The molecule has 2 aliphatic rings. The molecule has 0 bridgehead atoms. The van der Waals surface area contributed by atoms with Crippen molar-refractivity contribution in [2.24, 2.45) is 5.92 Å². The molecule has 0 aromatic heterocycles. The maximum absolute atomic E-state index is 12.5. The van der Waals surface area contributed by atoms with Crippen LogP contribution in [0.5, 0.6) is 0 Å². The van der Waals surface area contributed by atoms with Crippen molar-refractivity contribution >= 4 is 17.8 Å². The lowest BCUT2D eigenvalue weighted by Gasteiger charge is -2.32. The van der Waals surface area contributed by atoms with Gasteiger partial charge in [0.15, 0.2) is 0 Å². The van der Waals surface area contributed by atoms with E-state index in [1.807, 2.05) is 6.92 Å². The van der Waals surface area contributed by atoms with Crippen LogP contribution in [-0.2, 0) is 19.1 Å². The summed E-state index contributed by atoms with van der Waals surface area (Å²) in [7, 11) is 1.28. The van der Waals surface area contributed by atoms with Crippen LogP contribution >= 0.6 is 0 Å². The third-order valence-electron chi connectivity index (χ3n) is 4.00. The van der Waals surface area contributed by atoms with Gasteiger partial charge in [-0.3, -0.25) is 14.5 Å². The van der Waals surface area contributed by atoms with Gasteiger partial charge in [0.05, 0.1) is 13.0 Å². The SMILES string of the molecule is COC(=O)[C@@H]1CCC(=O)N1C(=O)[C@H]1CCCN[C@H]1C. The van der Waals surface area contributed by atoms with Crippen LogP contribution in [-0.4, -0.2) is 48.4 Å². The first-order valence-electron chi connectivity index (χ1n) is 6.73. The number of carbonyl (C=O) groups excluding carboxylic acids is 3.